The quantitative estimate of drug-likeness (QED) is 0.525. The molecule has 3 rings (SSSR count). The molecule has 1 saturated heterocycles. The van der Waals surface area contributed by atoms with Crippen LogP contribution >= 0.6 is 11.8 Å². The molecule has 0 spiro atoms. The van der Waals surface area contributed by atoms with E-state index in [9.17, 15) is 31.1 Å². The first kappa shape index (κ1) is 19.8. The average molecular weight is 404 g/mol. The van der Waals surface area contributed by atoms with E-state index in [1.165, 1.54) is 36.0 Å². The van der Waals surface area contributed by atoms with Crippen LogP contribution < -0.4 is 0 Å². The standard InChI is InChI=1S/C19H14F6OS/c20-18(21,22)13-5-1-11(2-6-13)16-9-15(26)10-17(27-16)12-3-7-14(8-4-12)19(23,24)25/h1-8,16-17H,9-10H2/t16-,17+. The predicted molar refractivity (Wildman–Crippen MR) is 90.2 cm³/mol. The first-order valence-electron chi connectivity index (χ1n) is 8.05. The van der Waals surface area contributed by atoms with Crippen LogP contribution in [0, 0.1) is 0 Å². The van der Waals surface area contributed by atoms with E-state index in [1.807, 2.05) is 0 Å². The van der Waals surface area contributed by atoms with Crippen LogP contribution in [0.1, 0.15) is 45.6 Å². The van der Waals surface area contributed by atoms with Crippen molar-refractivity contribution in [3.05, 3.63) is 70.8 Å². The van der Waals surface area contributed by atoms with Gasteiger partial charge in [0, 0.05) is 23.3 Å². The summed E-state index contributed by atoms with van der Waals surface area (Å²) in [6.07, 6.45) is -8.49. The molecular formula is C19H14F6OS. The number of carbonyl (C=O) groups excluding carboxylic acids is 1. The SMILES string of the molecule is O=C1C[C@@H](c2ccc(C(F)(F)F)cc2)S[C@@H](c2ccc(C(F)(F)F)cc2)C1. The third kappa shape index (κ3) is 4.66. The van der Waals surface area contributed by atoms with Gasteiger partial charge in [0.15, 0.2) is 0 Å². The van der Waals surface area contributed by atoms with Crippen LogP contribution in [0.2, 0.25) is 0 Å². The van der Waals surface area contributed by atoms with Crippen molar-refractivity contribution in [2.75, 3.05) is 0 Å². The number of hydrogen-bond donors (Lipinski definition) is 0. The zero-order valence-corrected chi connectivity index (χ0v) is 14.6. The van der Waals surface area contributed by atoms with Crippen molar-refractivity contribution >= 4 is 17.5 Å². The zero-order chi connectivity index (χ0) is 19.8. The molecule has 2 aromatic carbocycles. The second-order valence-corrected chi connectivity index (χ2v) is 7.71. The Kier molecular flexibility index (Phi) is 5.29. The molecule has 8 heteroatoms. The van der Waals surface area contributed by atoms with Gasteiger partial charge >= 0.3 is 12.4 Å². The maximum Gasteiger partial charge on any atom is 0.416 e. The molecule has 1 aliphatic rings. The molecular weight excluding hydrogens is 390 g/mol. The third-order valence-corrected chi connectivity index (χ3v) is 5.91. The Morgan fingerprint density at radius 3 is 1.30 bits per heavy atom. The number of rotatable bonds is 2. The summed E-state index contributed by atoms with van der Waals surface area (Å²) in [7, 11) is 0. The second kappa shape index (κ2) is 7.22. The number of Topliss-reactive ketones (excluding diaryl/α,β-unsaturated/α-hetero) is 1. The van der Waals surface area contributed by atoms with Crippen molar-refractivity contribution in [3.8, 4) is 0 Å². The molecule has 144 valence electrons. The number of alkyl halides is 6. The lowest BCUT2D eigenvalue weighted by atomic mass is 9.99. The van der Waals surface area contributed by atoms with Crippen LogP contribution in [-0.4, -0.2) is 5.78 Å². The summed E-state index contributed by atoms with van der Waals surface area (Å²) < 4.78 is 76.1. The van der Waals surface area contributed by atoms with Crippen molar-refractivity contribution in [1.82, 2.24) is 0 Å². The van der Waals surface area contributed by atoms with E-state index in [2.05, 4.69) is 0 Å². The van der Waals surface area contributed by atoms with E-state index >= 15 is 0 Å². The highest BCUT2D eigenvalue weighted by Gasteiger charge is 2.34. The normalized spacial score (nSPS) is 21.3. The Morgan fingerprint density at radius 2 is 1.00 bits per heavy atom. The molecule has 0 saturated carbocycles. The molecule has 0 bridgehead atoms. The minimum Gasteiger partial charge on any atom is -0.300 e. The molecule has 1 aliphatic heterocycles. The van der Waals surface area contributed by atoms with Gasteiger partial charge in [-0.05, 0) is 35.4 Å². The highest BCUT2D eigenvalue weighted by atomic mass is 32.2. The van der Waals surface area contributed by atoms with Crippen LogP contribution in [0.5, 0.6) is 0 Å². The summed E-state index contributed by atoms with van der Waals surface area (Å²) in [5.41, 5.74) is -0.341. The molecule has 1 nitrogen and oxygen atoms in total. The van der Waals surface area contributed by atoms with Crippen molar-refractivity contribution in [2.45, 2.75) is 35.7 Å². The first-order chi connectivity index (χ1) is 12.5. The van der Waals surface area contributed by atoms with Gasteiger partial charge in [-0.1, -0.05) is 24.3 Å². The topological polar surface area (TPSA) is 17.1 Å². The van der Waals surface area contributed by atoms with Gasteiger partial charge in [-0.3, -0.25) is 4.79 Å². The minimum absolute atomic E-state index is 0.0662. The number of thioether (sulfide) groups is 1. The summed E-state index contributed by atoms with van der Waals surface area (Å²) in [5.74, 6) is -0.0662. The van der Waals surface area contributed by atoms with Gasteiger partial charge in [0.2, 0.25) is 0 Å². The number of halogens is 6. The van der Waals surface area contributed by atoms with Crippen molar-refractivity contribution in [1.29, 1.82) is 0 Å². The summed E-state index contributed by atoms with van der Waals surface area (Å²) in [6, 6.07) is 9.30. The lowest BCUT2D eigenvalue weighted by Gasteiger charge is -2.29. The van der Waals surface area contributed by atoms with Crippen LogP contribution in [0.4, 0.5) is 26.3 Å². The van der Waals surface area contributed by atoms with Crippen molar-refractivity contribution in [3.63, 3.8) is 0 Å². The molecule has 1 fully saturated rings. The molecule has 0 aromatic heterocycles. The van der Waals surface area contributed by atoms with Crippen LogP contribution in [-0.2, 0) is 17.1 Å². The molecule has 2 atom stereocenters. The van der Waals surface area contributed by atoms with Gasteiger partial charge in [0.25, 0.3) is 0 Å². The molecule has 2 aromatic rings. The third-order valence-electron chi connectivity index (χ3n) is 4.37. The Hall–Kier alpha value is -1.96. The van der Waals surface area contributed by atoms with Gasteiger partial charge in [0.1, 0.15) is 5.78 Å². The van der Waals surface area contributed by atoms with E-state index < -0.39 is 23.5 Å². The van der Waals surface area contributed by atoms with Gasteiger partial charge < -0.3 is 0 Å². The van der Waals surface area contributed by atoms with E-state index in [0.29, 0.717) is 11.1 Å². The van der Waals surface area contributed by atoms with E-state index in [1.54, 1.807) is 0 Å². The lowest BCUT2D eigenvalue weighted by molar-refractivity contribution is -0.138. The molecule has 0 amide bonds. The monoisotopic (exact) mass is 404 g/mol. The molecule has 0 N–H and O–H groups in total. The average Bonchev–Trinajstić information content (AvgIpc) is 2.60. The Bertz CT molecular complexity index is 741. The van der Waals surface area contributed by atoms with Gasteiger partial charge in [-0.15, -0.1) is 11.8 Å². The lowest BCUT2D eigenvalue weighted by Crippen LogP contribution is -2.16. The van der Waals surface area contributed by atoms with Gasteiger partial charge in [0.05, 0.1) is 11.1 Å². The maximum atomic E-state index is 12.7. The van der Waals surface area contributed by atoms with Crippen LogP contribution in [0.25, 0.3) is 0 Å². The number of benzene rings is 2. The van der Waals surface area contributed by atoms with Gasteiger partial charge in [-0.2, -0.15) is 26.3 Å². The fourth-order valence-electron chi connectivity index (χ4n) is 2.96. The van der Waals surface area contributed by atoms with Crippen LogP contribution in [0.3, 0.4) is 0 Å². The minimum atomic E-state index is -4.43. The second-order valence-electron chi connectivity index (χ2n) is 6.30. The molecule has 0 aliphatic carbocycles. The fourth-order valence-corrected chi connectivity index (χ4v) is 4.55. The molecule has 27 heavy (non-hydrogen) atoms. The Morgan fingerprint density at radius 1 is 0.667 bits per heavy atom. The predicted octanol–water partition coefficient (Wildman–Crippen LogP) is 6.60. The summed E-state index contributed by atoms with van der Waals surface area (Å²) in [5, 5.41) is -0.665. The highest BCUT2D eigenvalue weighted by molar-refractivity contribution is 7.99. The van der Waals surface area contributed by atoms with E-state index in [-0.39, 0.29) is 29.1 Å². The molecule has 1 heterocycles. The van der Waals surface area contributed by atoms with E-state index in [4.69, 9.17) is 0 Å². The number of ketones is 1. The number of hydrogen-bond acceptors (Lipinski definition) is 2. The summed E-state index contributed by atoms with van der Waals surface area (Å²) >= 11 is 1.38. The van der Waals surface area contributed by atoms with Crippen molar-refractivity contribution in [2.24, 2.45) is 0 Å². The fraction of sp³-hybridized carbons (Fsp3) is 0.316. The van der Waals surface area contributed by atoms with Crippen molar-refractivity contribution < 1.29 is 31.1 Å². The van der Waals surface area contributed by atoms with E-state index in [0.717, 1.165) is 24.3 Å². The molecule has 0 unspecified atom stereocenters. The van der Waals surface area contributed by atoms with Crippen LogP contribution in [0.15, 0.2) is 48.5 Å². The Labute approximate surface area is 155 Å². The van der Waals surface area contributed by atoms with Gasteiger partial charge in [-0.25, -0.2) is 0 Å². The maximum absolute atomic E-state index is 12.7. The zero-order valence-electron chi connectivity index (χ0n) is 13.8. The first-order valence-corrected chi connectivity index (χ1v) is 9.00. The summed E-state index contributed by atoms with van der Waals surface area (Å²) in [6.45, 7) is 0. The molecule has 0 radical (unpaired) electrons. The number of carbonyl (C=O) groups is 1. The smallest absolute Gasteiger partial charge is 0.300 e. The Balaban J connectivity index is 1.79. The largest absolute Gasteiger partial charge is 0.416 e. The highest BCUT2D eigenvalue weighted by Crippen LogP contribution is 2.49. The summed E-state index contributed by atoms with van der Waals surface area (Å²) in [4.78, 5) is 12.1.